The molecule has 1 aromatic carbocycles. The highest BCUT2D eigenvalue weighted by Gasteiger charge is 2.26. The Bertz CT molecular complexity index is 566. The summed E-state index contributed by atoms with van der Waals surface area (Å²) in [5, 5.41) is 9.14. The number of carbonyl (C=O) groups is 1. The van der Waals surface area contributed by atoms with Gasteiger partial charge in [-0.2, -0.15) is 0 Å². The van der Waals surface area contributed by atoms with Crippen molar-refractivity contribution in [3.63, 3.8) is 0 Å². The van der Waals surface area contributed by atoms with Crippen molar-refractivity contribution in [3.05, 3.63) is 34.4 Å². The molecule has 0 amide bonds. The van der Waals surface area contributed by atoms with Crippen LogP contribution in [0.15, 0.2) is 12.1 Å². The molecule has 0 aliphatic heterocycles. The molecular formula is C17H22O3. The Hall–Kier alpha value is -1.77. The van der Waals surface area contributed by atoms with Gasteiger partial charge in [-0.3, -0.25) is 0 Å². The van der Waals surface area contributed by atoms with E-state index < -0.39 is 5.97 Å². The van der Waals surface area contributed by atoms with E-state index >= 15 is 0 Å². The smallest absolute Gasteiger partial charge is 0.328 e. The molecule has 0 spiro atoms. The van der Waals surface area contributed by atoms with Gasteiger partial charge in [0.05, 0.1) is 7.11 Å². The van der Waals surface area contributed by atoms with Gasteiger partial charge in [-0.05, 0) is 73.4 Å². The molecule has 108 valence electrons. The summed E-state index contributed by atoms with van der Waals surface area (Å²) in [4.78, 5) is 11.1. The number of hydrogen-bond donors (Lipinski definition) is 1. The molecule has 0 aromatic heterocycles. The molecule has 0 heterocycles. The third kappa shape index (κ3) is 2.58. The van der Waals surface area contributed by atoms with Gasteiger partial charge in [0.2, 0.25) is 0 Å². The van der Waals surface area contributed by atoms with Crippen LogP contribution >= 0.6 is 0 Å². The van der Waals surface area contributed by atoms with Crippen LogP contribution in [-0.4, -0.2) is 18.2 Å². The number of aliphatic carboxylic acids is 1. The summed E-state index contributed by atoms with van der Waals surface area (Å²) in [6.45, 7) is 6.08. The average molecular weight is 274 g/mol. The number of carboxylic acid groups (broad SMARTS) is 1. The number of methoxy groups -OCH3 is 1. The van der Waals surface area contributed by atoms with Crippen LogP contribution in [0.1, 0.15) is 41.5 Å². The Morgan fingerprint density at radius 2 is 1.95 bits per heavy atom. The van der Waals surface area contributed by atoms with Crippen molar-refractivity contribution in [1.29, 1.82) is 0 Å². The molecule has 1 fully saturated rings. The van der Waals surface area contributed by atoms with E-state index in [4.69, 9.17) is 9.84 Å². The van der Waals surface area contributed by atoms with Crippen molar-refractivity contribution < 1.29 is 14.6 Å². The predicted molar refractivity (Wildman–Crippen MR) is 80.2 cm³/mol. The number of rotatable bonds is 4. The standard InChI is InChI=1S/C17H22O3/c1-10-8-14(11(2)12(3)17(10)20-4)15(9-16(18)19)13-6-5-7-13/h8-9,13H,5-7H2,1-4H3,(H,18,19)/b15-9+. The summed E-state index contributed by atoms with van der Waals surface area (Å²) in [6.07, 6.45) is 4.75. The molecule has 20 heavy (non-hydrogen) atoms. The Labute approximate surface area is 120 Å². The summed E-state index contributed by atoms with van der Waals surface area (Å²) in [5.74, 6) is 0.420. The molecule has 0 unspecified atom stereocenters. The lowest BCUT2D eigenvalue weighted by Crippen LogP contribution is -2.15. The largest absolute Gasteiger partial charge is 0.496 e. The molecule has 3 nitrogen and oxygen atoms in total. The molecule has 0 radical (unpaired) electrons. The van der Waals surface area contributed by atoms with Crippen molar-refractivity contribution >= 4 is 11.5 Å². The van der Waals surface area contributed by atoms with Gasteiger partial charge in [-0.1, -0.05) is 6.42 Å². The SMILES string of the molecule is COc1c(C)cc(/C(=C/C(=O)O)C2CCC2)c(C)c1C. The van der Waals surface area contributed by atoms with Crippen molar-refractivity contribution in [3.8, 4) is 5.75 Å². The lowest BCUT2D eigenvalue weighted by atomic mass is 9.75. The van der Waals surface area contributed by atoms with Crippen molar-refractivity contribution in [2.75, 3.05) is 7.11 Å². The Morgan fingerprint density at radius 3 is 2.40 bits per heavy atom. The Balaban J connectivity index is 2.57. The minimum Gasteiger partial charge on any atom is -0.496 e. The third-order valence-electron chi connectivity index (χ3n) is 4.37. The van der Waals surface area contributed by atoms with E-state index in [1.165, 1.54) is 12.5 Å². The first kappa shape index (κ1) is 14.6. The monoisotopic (exact) mass is 274 g/mol. The zero-order valence-electron chi connectivity index (χ0n) is 12.6. The quantitative estimate of drug-likeness (QED) is 0.847. The van der Waals surface area contributed by atoms with E-state index in [0.717, 1.165) is 46.4 Å². The molecule has 1 aliphatic carbocycles. The highest BCUT2D eigenvalue weighted by molar-refractivity contribution is 5.91. The van der Waals surface area contributed by atoms with E-state index in [1.54, 1.807) is 7.11 Å². The summed E-state index contributed by atoms with van der Waals surface area (Å²) in [5.41, 5.74) is 5.30. The van der Waals surface area contributed by atoms with Crippen LogP contribution in [0.2, 0.25) is 0 Å². The van der Waals surface area contributed by atoms with Gasteiger partial charge >= 0.3 is 5.97 Å². The maximum Gasteiger partial charge on any atom is 0.328 e. The molecule has 0 atom stereocenters. The summed E-state index contributed by atoms with van der Waals surface area (Å²) in [7, 11) is 1.67. The van der Waals surface area contributed by atoms with Crippen molar-refractivity contribution in [2.24, 2.45) is 5.92 Å². The van der Waals surface area contributed by atoms with Crippen LogP contribution in [0, 0.1) is 26.7 Å². The first-order chi connectivity index (χ1) is 9.45. The fourth-order valence-corrected chi connectivity index (χ4v) is 2.94. The normalized spacial score (nSPS) is 15.9. The van der Waals surface area contributed by atoms with Gasteiger partial charge in [0.15, 0.2) is 0 Å². The highest BCUT2D eigenvalue weighted by Crippen LogP contribution is 2.42. The number of allylic oxidation sites excluding steroid dienone is 1. The zero-order valence-corrected chi connectivity index (χ0v) is 12.6. The molecule has 2 rings (SSSR count). The summed E-state index contributed by atoms with van der Waals surface area (Å²) in [6, 6.07) is 2.06. The minimum atomic E-state index is -0.863. The highest BCUT2D eigenvalue weighted by atomic mass is 16.5. The zero-order chi connectivity index (χ0) is 14.9. The van der Waals surface area contributed by atoms with Gasteiger partial charge < -0.3 is 9.84 Å². The fourth-order valence-electron chi connectivity index (χ4n) is 2.94. The molecule has 0 bridgehead atoms. The average Bonchev–Trinajstić information content (AvgIpc) is 2.31. The second-order valence-corrected chi connectivity index (χ2v) is 5.59. The van der Waals surface area contributed by atoms with E-state index in [1.807, 2.05) is 20.8 Å². The lowest BCUT2D eigenvalue weighted by molar-refractivity contribution is -0.131. The summed E-state index contributed by atoms with van der Waals surface area (Å²) >= 11 is 0. The van der Waals surface area contributed by atoms with Gasteiger partial charge in [0.1, 0.15) is 5.75 Å². The van der Waals surface area contributed by atoms with Gasteiger partial charge in [0, 0.05) is 6.08 Å². The number of hydrogen-bond acceptors (Lipinski definition) is 2. The van der Waals surface area contributed by atoms with E-state index in [-0.39, 0.29) is 0 Å². The van der Waals surface area contributed by atoms with Gasteiger partial charge in [-0.25, -0.2) is 4.79 Å². The van der Waals surface area contributed by atoms with Crippen LogP contribution in [0.3, 0.4) is 0 Å². The van der Waals surface area contributed by atoms with Crippen molar-refractivity contribution in [2.45, 2.75) is 40.0 Å². The fraction of sp³-hybridized carbons (Fsp3) is 0.471. The van der Waals surface area contributed by atoms with Crippen LogP contribution in [0.5, 0.6) is 5.75 Å². The Morgan fingerprint density at radius 1 is 1.30 bits per heavy atom. The van der Waals surface area contributed by atoms with Crippen LogP contribution < -0.4 is 4.74 Å². The number of ether oxygens (including phenoxy) is 1. The molecule has 1 saturated carbocycles. The maximum absolute atomic E-state index is 11.1. The molecule has 1 aromatic rings. The molecule has 0 saturated heterocycles. The number of carboxylic acids is 1. The minimum absolute atomic E-state index is 0.386. The topological polar surface area (TPSA) is 46.5 Å². The number of aryl methyl sites for hydroxylation is 1. The maximum atomic E-state index is 11.1. The van der Waals surface area contributed by atoms with E-state index in [9.17, 15) is 4.79 Å². The van der Waals surface area contributed by atoms with Crippen LogP contribution in [0.4, 0.5) is 0 Å². The molecule has 3 heteroatoms. The second kappa shape index (κ2) is 5.70. The van der Waals surface area contributed by atoms with E-state index in [2.05, 4.69) is 6.07 Å². The predicted octanol–water partition coefficient (Wildman–Crippen LogP) is 3.89. The first-order valence-corrected chi connectivity index (χ1v) is 7.05. The van der Waals surface area contributed by atoms with E-state index in [0.29, 0.717) is 5.92 Å². The lowest BCUT2D eigenvalue weighted by Gasteiger charge is -2.30. The van der Waals surface area contributed by atoms with Crippen molar-refractivity contribution in [1.82, 2.24) is 0 Å². The second-order valence-electron chi connectivity index (χ2n) is 5.59. The molecule has 1 aliphatic rings. The molecule has 1 N–H and O–H groups in total. The Kier molecular flexibility index (Phi) is 4.17. The first-order valence-electron chi connectivity index (χ1n) is 7.05. The van der Waals surface area contributed by atoms with Gasteiger partial charge in [0.25, 0.3) is 0 Å². The van der Waals surface area contributed by atoms with Crippen LogP contribution in [-0.2, 0) is 4.79 Å². The third-order valence-corrected chi connectivity index (χ3v) is 4.37. The number of benzene rings is 1. The summed E-state index contributed by atoms with van der Waals surface area (Å²) < 4.78 is 5.44. The molecular weight excluding hydrogens is 252 g/mol. The van der Waals surface area contributed by atoms with Crippen LogP contribution in [0.25, 0.3) is 5.57 Å². The van der Waals surface area contributed by atoms with Gasteiger partial charge in [-0.15, -0.1) is 0 Å².